The number of hydrogen-bond donors (Lipinski definition) is 2. The van der Waals surface area contributed by atoms with Gasteiger partial charge in [0.05, 0.1) is 7.11 Å². The maximum Gasteiger partial charge on any atom is 0.321 e. The average molecular weight is 362 g/mol. The van der Waals surface area contributed by atoms with E-state index in [-0.39, 0.29) is 18.4 Å². The van der Waals surface area contributed by atoms with Gasteiger partial charge in [0.2, 0.25) is 0 Å². The second-order valence-corrected chi connectivity index (χ2v) is 6.60. The van der Waals surface area contributed by atoms with E-state index >= 15 is 0 Å². The van der Waals surface area contributed by atoms with Crippen molar-refractivity contribution in [2.75, 3.05) is 13.7 Å². The van der Waals surface area contributed by atoms with Crippen LogP contribution in [0.5, 0.6) is 11.5 Å². The van der Waals surface area contributed by atoms with Gasteiger partial charge < -0.3 is 14.8 Å². The summed E-state index contributed by atoms with van der Waals surface area (Å²) in [7, 11) is 1.45. The minimum atomic E-state index is -0.552. The maximum absolute atomic E-state index is 12.0. The lowest BCUT2D eigenvalue weighted by atomic mass is 9.86. The predicted molar refractivity (Wildman–Crippen MR) is 96.6 cm³/mol. The zero-order valence-electron chi connectivity index (χ0n) is 15.5. The summed E-state index contributed by atoms with van der Waals surface area (Å²) in [6, 6.07) is 4.29. The van der Waals surface area contributed by atoms with Gasteiger partial charge in [-0.05, 0) is 43.9 Å². The van der Waals surface area contributed by atoms with Crippen molar-refractivity contribution in [2.45, 2.75) is 45.6 Å². The molecular weight excluding hydrogens is 336 g/mol. The van der Waals surface area contributed by atoms with Crippen LogP contribution in [-0.4, -0.2) is 37.5 Å². The monoisotopic (exact) mass is 362 g/mol. The van der Waals surface area contributed by atoms with Gasteiger partial charge in [0.1, 0.15) is 0 Å². The zero-order chi connectivity index (χ0) is 19.1. The maximum atomic E-state index is 12.0. The number of benzene rings is 1. The number of rotatable bonds is 6. The van der Waals surface area contributed by atoms with Crippen LogP contribution >= 0.6 is 0 Å². The molecule has 0 bridgehead atoms. The highest BCUT2D eigenvalue weighted by Gasteiger charge is 2.23. The van der Waals surface area contributed by atoms with Crippen LogP contribution in [0.25, 0.3) is 0 Å². The Labute approximate surface area is 153 Å². The molecule has 7 nitrogen and oxygen atoms in total. The van der Waals surface area contributed by atoms with Gasteiger partial charge in [-0.25, -0.2) is 4.79 Å². The molecule has 0 saturated heterocycles. The smallest absolute Gasteiger partial charge is 0.321 e. The summed E-state index contributed by atoms with van der Waals surface area (Å²) < 4.78 is 10.6. The average Bonchev–Trinajstić information content (AvgIpc) is 2.61. The quantitative estimate of drug-likeness (QED) is 0.759. The first-order valence-electron chi connectivity index (χ1n) is 8.82. The molecule has 7 heteroatoms. The molecule has 1 aromatic rings. The van der Waals surface area contributed by atoms with Gasteiger partial charge in [-0.1, -0.05) is 19.8 Å². The van der Waals surface area contributed by atoms with E-state index in [1.54, 1.807) is 18.2 Å². The van der Waals surface area contributed by atoms with E-state index in [0.717, 1.165) is 19.3 Å². The third-order valence-electron chi connectivity index (χ3n) is 4.61. The van der Waals surface area contributed by atoms with Crippen LogP contribution in [0.1, 0.15) is 49.9 Å². The third-order valence-corrected chi connectivity index (χ3v) is 4.61. The second kappa shape index (κ2) is 9.22. The molecule has 1 saturated carbocycles. The number of ketones is 1. The fourth-order valence-corrected chi connectivity index (χ4v) is 3.05. The van der Waals surface area contributed by atoms with Crippen molar-refractivity contribution in [3.8, 4) is 11.5 Å². The van der Waals surface area contributed by atoms with Gasteiger partial charge in [-0.2, -0.15) is 0 Å². The van der Waals surface area contributed by atoms with Crippen molar-refractivity contribution in [3.63, 3.8) is 0 Å². The highest BCUT2D eigenvalue weighted by Crippen LogP contribution is 2.28. The van der Waals surface area contributed by atoms with Crippen LogP contribution < -0.4 is 20.1 Å². The first kappa shape index (κ1) is 19.8. The highest BCUT2D eigenvalue weighted by atomic mass is 16.5. The molecule has 142 valence electrons. The molecule has 0 unspecified atom stereocenters. The van der Waals surface area contributed by atoms with Crippen LogP contribution in [0, 0.1) is 5.92 Å². The Morgan fingerprint density at radius 1 is 1.15 bits per heavy atom. The van der Waals surface area contributed by atoms with E-state index in [1.807, 2.05) is 0 Å². The number of methoxy groups -OCH3 is 1. The number of amides is 3. The molecule has 0 aliphatic heterocycles. The highest BCUT2D eigenvalue weighted by molar-refractivity contribution is 5.95. The first-order chi connectivity index (χ1) is 12.4. The molecule has 0 spiro atoms. The molecule has 26 heavy (non-hydrogen) atoms. The van der Waals surface area contributed by atoms with Gasteiger partial charge in [0.25, 0.3) is 5.91 Å². The van der Waals surface area contributed by atoms with Gasteiger partial charge in [0.15, 0.2) is 23.9 Å². The van der Waals surface area contributed by atoms with E-state index in [0.29, 0.717) is 23.0 Å². The Morgan fingerprint density at radius 3 is 2.54 bits per heavy atom. The summed E-state index contributed by atoms with van der Waals surface area (Å²) >= 11 is 0. The number of Topliss-reactive ketones (excluding diaryl/α,β-unsaturated/α-hetero) is 1. The molecule has 1 fully saturated rings. The molecule has 1 aromatic carbocycles. The molecule has 0 aromatic heterocycles. The van der Waals surface area contributed by atoms with Crippen LogP contribution in [0.15, 0.2) is 18.2 Å². The topological polar surface area (TPSA) is 93.7 Å². The number of urea groups is 1. The second-order valence-electron chi connectivity index (χ2n) is 6.60. The standard InChI is InChI=1S/C19H26N2O5/c1-12-6-4-5-7-15(12)20-19(24)21-18(23)11-26-16-9-8-14(13(2)22)10-17(16)25-3/h8-10,12,15H,4-7,11H2,1-3H3,(H2,20,21,23,24)/t12-,15+/m0/s1. The number of ether oxygens (including phenoxy) is 2. The lowest BCUT2D eigenvalue weighted by molar-refractivity contribution is -0.122. The molecule has 2 N–H and O–H groups in total. The number of carbonyl (C=O) groups is 3. The Morgan fingerprint density at radius 2 is 1.88 bits per heavy atom. The number of carbonyl (C=O) groups excluding carboxylic acids is 3. The summed E-state index contributed by atoms with van der Waals surface area (Å²) in [6.45, 7) is 3.23. The molecule has 3 amide bonds. The van der Waals surface area contributed by atoms with Gasteiger partial charge in [-0.3, -0.25) is 14.9 Å². The molecule has 0 radical (unpaired) electrons. The molecule has 2 atom stereocenters. The summed E-state index contributed by atoms with van der Waals surface area (Å²) in [5.41, 5.74) is 0.486. The minimum absolute atomic E-state index is 0.0942. The van der Waals surface area contributed by atoms with Crippen molar-refractivity contribution in [2.24, 2.45) is 5.92 Å². The van der Waals surface area contributed by atoms with Crippen molar-refractivity contribution in [1.82, 2.24) is 10.6 Å². The Bertz CT molecular complexity index is 674. The number of hydrogen-bond acceptors (Lipinski definition) is 5. The molecule has 2 rings (SSSR count). The summed E-state index contributed by atoms with van der Waals surface area (Å²) in [6.07, 6.45) is 4.28. The van der Waals surface area contributed by atoms with E-state index in [2.05, 4.69) is 17.6 Å². The van der Waals surface area contributed by atoms with Gasteiger partial charge >= 0.3 is 6.03 Å². The van der Waals surface area contributed by atoms with Crippen molar-refractivity contribution in [1.29, 1.82) is 0 Å². The fourth-order valence-electron chi connectivity index (χ4n) is 3.05. The lowest BCUT2D eigenvalue weighted by Gasteiger charge is -2.29. The third kappa shape index (κ3) is 5.47. The van der Waals surface area contributed by atoms with E-state index in [4.69, 9.17) is 9.47 Å². The minimum Gasteiger partial charge on any atom is -0.493 e. The SMILES string of the molecule is COc1cc(C(C)=O)ccc1OCC(=O)NC(=O)N[C@@H]1CCCC[C@@H]1C. The van der Waals surface area contributed by atoms with Crippen LogP contribution in [0.3, 0.4) is 0 Å². The molecule has 1 aliphatic carbocycles. The Balaban J connectivity index is 1.84. The summed E-state index contributed by atoms with van der Waals surface area (Å²) in [4.78, 5) is 35.3. The summed E-state index contributed by atoms with van der Waals surface area (Å²) in [5, 5.41) is 5.13. The lowest BCUT2D eigenvalue weighted by Crippen LogP contribution is -2.48. The van der Waals surface area contributed by atoms with E-state index < -0.39 is 11.9 Å². The van der Waals surface area contributed by atoms with Crippen LogP contribution in [0.2, 0.25) is 0 Å². The van der Waals surface area contributed by atoms with Gasteiger partial charge in [0, 0.05) is 11.6 Å². The van der Waals surface area contributed by atoms with Crippen molar-refractivity contribution in [3.05, 3.63) is 23.8 Å². The Hall–Kier alpha value is -2.57. The van der Waals surface area contributed by atoms with E-state index in [1.165, 1.54) is 20.5 Å². The Kier molecular flexibility index (Phi) is 7.00. The number of imide groups is 1. The molecular formula is C19H26N2O5. The molecule has 1 aliphatic rings. The van der Waals surface area contributed by atoms with Crippen molar-refractivity contribution >= 4 is 17.7 Å². The molecule has 0 heterocycles. The normalized spacial score (nSPS) is 19.3. The first-order valence-corrected chi connectivity index (χ1v) is 8.82. The zero-order valence-corrected chi connectivity index (χ0v) is 15.5. The van der Waals surface area contributed by atoms with Crippen LogP contribution in [-0.2, 0) is 4.79 Å². The number of nitrogens with one attached hydrogen (secondary N) is 2. The van der Waals surface area contributed by atoms with E-state index in [9.17, 15) is 14.4 Å². The van der Waals surface area contributed by atoms with Crippen LogP contribution in [0.4, 0.5) is 4.79 Å². The van der Waals surface area contributed by atoms with Gasteiger partial charge in [-0.15, -0.1) is 0 Å². The van der Waals surface area contributed by atoms with Crippen molar-refractivity contribution < 1.29 is 23.9 Å². The fraction of sp³-hybridized carbons (Fsp3) is 0.526. The predicted octanol–water partition coefficient (Wildman–Crippen LogP) is 2.68. The largest absolute Gasteiger partial charge is 0.493 e. The summed E-state index contributed by atoms with van der Waals surface area (Å²) in [5.74, 6) is 0.440.